The summed E-state index contributed by atoms with van der Waals surface area (Å²) >= 11 is 0. The SMILES string of the molecule is COc1ccc(/C=C2\C(=O)NC(=O)N(c3cccc(C)c3)C2=O)cc1OCc1ccccc1F. The van der Waals surface area contributed by atoms with Crippen LogP contribution in [-0.2, 0) is 16.2 Å². The summed E-state index contributed by atoms with van der Waals surface area (Å²) in [4.78, 5) is 38.9. The molecule has 4 rings (SSSR count). The summed E-state index contributed by atoms with van der Waals surface area (Å²) in [6, 6.07) is 17.1. The second kappa shape index (κ2) is 9.58. The van der Waals surface area contributed by atoms with Crippen LogP contribution in [0.4, 0.5) is 14.9 Å². The molecule has 0 radical (unpaired) electrons. The lowest BCUT2D eigenvalue weighted by Crippen LogP contribution is -2.54. The van der Waals surface area contributed by atoms with Crippen molar-refractivity contribution in [1.82, 2.24) is 5.32 Å². The summed E-state index contributed by atoms with van der Waals surface area (Å²) in [6.45, 7) is 1.79. The Hall–Kier alpha value is -4.46. The first kappa shape index (κ1) is 22.7. The van der Waals surface area contributed by atoms with Gasteiger partial charge >= 0.3 is 6.03 Å². The third-order valence-electron chi connectivity index (χ3n) is 5.20. The second-order valence-corrected chi connectivity index (χ2v) is 7.59. The van der Waals surface area contributed by atoms with Gasteiger partial charge in [0.15, 0.2) is 11.5 Å². The molecule has 1 aliphatic rings. The van der Waals surface area contributed by atoms with E-state index < -0.39 is 23.7 Å². The summed E-state index contributed by atoms with van der Waals surface area (Å²) in [5.74, 6) is -1.25. The number of halogens is 1. The number of aryl methyl sites for hydroxylation is 1. The summed E-state index contributed by atoms with van der Waals surface area (Å²) in [6.07, 6.45) is 1.36. The van der Waals surface area contributed by atoms with Gasteiger partial charge in [0.1, 0.15) is 18.0 Å². The van der Waals surface area contributed by atoms with E-state index in [2.05, 4.69) is 5.32 Å². The highest BCUT2D eigenvalue weighted by atomic mass is 19.1. The lowest BCUT2D eigenvalue weighted by atomic mass is 10.1. The quantitative estimate of drug-likeness (QED) is 0.436. The molecule has 1 aliphatic heterocycles. The second-order valence-electron chi connectivity index (χ2n) is 7.59. The number of nitrogens with zero attached hydrogens (tertiary/aromatic N) is 1. The highest BCUT2D eigenvalue weighted by Crippen LogP contribution is 2.31. The lowest BCUT2D eigenvalue weighted by Gasteiger charge is -2.26. The number of rotatable bonds is 6. The molecule has 4 amide bonds. The predicted octanol–water partition coefficient (Wildman–Crippen LogP) is 4.39. The van der Waals surface area contributed by atoms with Gasteiger partial charge in [0.05, 0.1) is 12.8 Å². The van der Waals surface area contributed by atoms with Crippen molar-refractivity contribution in [2.24, 2.45) is 0 Å². The van der Waals surface area contributed by atoms with Crippen LogP contribution in [0.25, 0.3) is 6.08 Å². The first-order valence-corrected chi connectivity index (χ1v) is 10.4. The van der Waals surface area contributed by atoms with Crippen LogP contribution in [0.1, 0.15) is 16.7 Å². The van der Waals surface area contributed by atoms with Crippen LogP contribution in [0, 0.1) is 12.7 Å². The van der Waals surface area contributed by atoms with E-state index in [1.165, 1.54) is 19.3 Å². The molecule has 1 heterocycles. The van der Waals surface area contributed by atoms with Gasteiger partial charge < -0.3 is 9.47 Å². The Kier molecular flexibility index (Phi) is 6.40. The van der Waals surface area contributed by atoms with Gasteiger partial charge in [0.25, 0.3) is 11.8 Å². The smallest absolute Gasteiger partial charge is 0.335 e. The number of nitrogens with one attached hydrogen (secondary N) is 1. The summed E-state index contributed by atoms with van der Waals surface area (Å²) in [7, 11) is 1.47. The standard InChI is InChI=1S/C26H21FN2O5/c1-16-6-5-8-19(12-16)29-25(31)20(24(30)28-26(29)32)13-17-10-11-22(33-2)23(14-17)34-15-18-7-3-4-9-21(18)27/h3-14H,15H2,1-2H3,(H,28,30,32)/b20-13+. The van der Waals surface area contributed by atoms with Crippen molar-refractivity contribution < 1.29 is 28.2 Å². The first-order chi connectivity index (χ1) is 16.4. The van der Waals surface area contributed by atoms with Gasteiger partial charge in [-0.15, -0.1) is 0 Å². The molecule has 0 aromatic heterocycles. The number of anilines is 1. The number of barbiturate groups is 1. The topological polar surface area (TPSA) is 84.9 Å². The van der Waals surface area contributed by atoms with E-state index in [0.29, 0.717) is 28.3 Å². The van der Waals surface area contributed by atoms with Crippen molar-refractivity contribution in [2.45, 2.75) is 13.5 Å². The van der Waals surface area contributed by atoms with Crippen molar-refractivity contribution in [2.75, 3.05) is 12.0 Å². The highest BCUT2D eigenvalue weighted by molar-refractivity contribution is 6.39. The fourth-order valence-electron chi connectivity index (χ4n) is 3.49. The molecule has 7 nitrogen and oxygen atoms in total. The Labute approximate surface area is 195 Å². The molecule has 3 aromatic carbocycles. The number of hydrogen-bond acceptors (Lipinski definition) is 5. The average molecular weight is 460 g/mol. The molecule has 3 aromatic rings. The molecule has 0 aliphatic carbocycles. The maximum atomic E-state index is 13.9. The molecule has 0 unspecified atom stereocenters. The molecule has 0 saturated carbocycles. The van der Waals surface area contributed by atoms with Crippen molar-refractivity contribution in [3.63, 3.8) is 0 Å². The lowest BCUT2D eigenvalue weighted by molar-refractivity contribution is -0.122. The van der Waals surface area contributed by atoms with E-state index >= 15 is 0 Å². The monoisotopic (exact) mass is 460 g/mol. The van der Waals surface area contributed by atoms with Gasteiger partial charge in [-0.3, -0.25) is 14.9 Å². The zero-order valence-electron chi connectivity index (χ0n) is 18.5. The molecule has 0 bridgehead atoms. The molecule has 1 fully saturated rings. The van der Waals surface area contributed by atoms with Crippen LogP contribution in [0.3, 0.4) is 0 Å². The van der Waals surface area contributed by atoms with Crippen LogP contribution in [0.15, 0.2) is 72.3 Å². The number of imide groups is 2. The van der Waals surface area contributed by atoms with Gasteiger partial charge in [-0.25, -0.2) is 14.1 Å². The van der Waals surface area contributed by atoms with Crippen LogP contribution in [-0.4, -0.2) is 25.0 Å². The van der Waals surface area contributed by atoms with Gasteiger partial charge in [0.2, 0.25) is 0 Å². The number of ether oxygens (including phenoxy) is 2. The summed E-state index contributed by atoms with van der Waals surface area (Å²) in [5.41, 5.74) is 1.81. The third-order valence-corrected chi connectivity index (χ3v) is 5.20. The van der Waals surface area contributed by atoms with E-state index in [1.54, 1.807) is 54.6 Å². The molecule has 172 valence electrons. The Morgan fingerprint density at radius 2 is 1.76 bits per heavy atom. The van der Waals surface area contributed by atoms with E-state index in [9.17, 15) is 18.8 Å². The Morgan fingerprint density at radius 1 is 0.971 bits per heavy atom. The molecule has 1 saturated heterocycles. The third kappa shape index (κ3) is 4.66. The van der Waals surface area contributed by atoms with E-state index in [4.69, 9.17) is 9.47 Å². The zero-order valence-corrected chi connectivity index (χ0v) is 18.5. The van der Waals surface area contributed by atoms with Crippen LogP contribution < -0.4 is 19.7 Å². The van der Waals surface area contributed by atoms with Crippen LogP contribution in [0.2, 0.25) is 0 Å². The number of methoxy groups -OCH3 is 1. The van der Waals surface area contributed by atoms with Crippen molar-refractivity contribution in [1.29, 1.82) is 0 Å². The van der Waals surface area contributed by atoms with Gasteiger partial charge in [-0.05, 0) is 54.5 Å². The zero-order chi connectivity index (χ0) is 24.2. The maximum absolute atomic E-state index is 13.9. The molecule has 34 heavy (non-hydrogen) atoms. The molecular formula is C26H21FN2O5. The minimum atomic E-state index is -0.818. The number of carbonyl (C=O) groups excluding carboxylic acids is 3. The minimum absolute atomic E-state index is 0.0435. The average Bonchev–Trinajstić information content (AvgIpc) is 2.81. The molecule has 0 atom stereocenters. The molecule has 8 heteroatoms. The van der Waals surface area contributed by atoms with Gasteiger partial charge in [-0.1, -0.05) is 36.4 Å². The number of urea groups is 1. The largest absolute Gasteiger partial charge is 0.493 e. The summed E-state index contributed by atoms with van der Waals surface area (Å²) in [5, 5.41) is 2.20. The Morgan fingerprint density at radius 3 is 2.50 bits per heavy atom. The minimum Gasteiger partial charge on any atom is -0.493 e. The van der Waals surface area contributed by atoms with Crippen molar-refractivity contribution >= 4 is 29.6 Å². The van der Waals surface area contributed by atoms with Gasteiger partial charge in [-0.2, -0.15) is 0 Å². The van der Waals surface area contributed by atoms with Crippen LogP contribution >= 0.6 is 0 Å². The van der Waals surface area contributed by atoms with Gasteiger partial charge in [0, 0.05) is 5.56 Å². The van der Waals surface area contributed by atoms with Crippen LogP contribution in [0.5, 0.6) is 11.5 Å². The summed E-state index contributed by atoms with van der Waals surface area (Å²) < 4.78 is 25.0. The maximum Gasteiger partial charge on any atom is 0.335 e. The van der Waals surface area contributed by atoms with Crippen molar-refractivity contribution in [3.05, 3.63) is 94.8 Å². The fourth-order valence-corrected chi connectivity index (χ4v) is 3.49. The number of carbonyl (C=O) groups is 3. The highest BCUT2D eigenvalue weighted by Gasteiger charge is 2.36. The normalized spacial score (nSPS) is 14.9. The molecule has 0 spiro atoms. The Bertz CT molecular complexity index is 1320. The molecular weight excluding hydrogens is 439 g/mol. The molecule has 1 N–H and O–H groups in total. The number of hydrogen-bond donors (Lipinski definition) is 1. The van der Waals surface area contributed by atoms with Crippen molar-refractivity contribution in [3.8, 4) is 11.5 Å². The fraction of sp³-hybridized carbons (Fsp3) is 0.115. The van der Waals surface area contributed by atoms with E-state index in [0.717, 1.165) is 10.5 Å². The number of benzene rings is 3. The predicted molar refractivity (Wildman–Crippen MR) is 124 cm³/mol. The first-order valence-electron chi connectivity index (χ1n) is 10.4. The number of amides is 4. The Balaban J connectivity index is 1.65. The van der Waals surface area contributed by atoms with E-state index in [1.807, 2.05) is 13.0 Å². The van der Waals surface area contributed by atoms with E-state index in [-0.39, 0.29) is 12.2 Å².